The van der Waals surface area contributed by atoms with E-state index in [1.165, 1.54) is 0 Å². The fourth-order valence-electron chi connectivity index (χ4n) is 0.760. The van der Waals surface area contributed by atoms with Crippen molar-refractivity contribution in [3.05, 3.63) is 30.5 Å². The first-order chi connectivity index (χ1) is 4.47. The van der Waals surface area contributed by atoms with Gasteiger partial charge in [0, 0.05) is 0 Å². The van der Waals surface area contributed by atoms with Crippen LogP contribution in [0, 0.1) is 6.20 Å². The SMILES string of the molecule is [Cs+].[c-]1noc2ccccc12. The van der Waals surface area contributed by atoms with E-state index in [1.807, 2.05) is 24.3 Å². The zero-order valence-corrected chi connectivity index (χ0v) is 11.9. The number of para-hydroxylation sites is 1. The van der Waals surface area contributed by atoms with Crippen molar-refractivity contribution in [2.75, 3.05) is 0 Å². The van der Waals surface area contributed by atoms with Gasteiger partial charge in [0.2, 0.25) is 0 Å². The number of nitrogens with zero attached hydrogens (tertiary/aromatic N) is 1. The van der Waals surface area contributed by atoms with Crippen molar-refractivity contribution in [1.29, 1.82) is 0 Å². The summed E-state index contributed by atoms with van der Waals surface area (Å²) in [6.45, 7) is 0. The van der Waals surface area contributed by atoms with Gasteiger partial charge in [0.05, 0.1) is 5.58 Å². The molecule has 10 heavy (non-hydrogen) atoms. The number of benzene rings is 1. The summed E-state index contributed by atoms with van der Waals surface area (Å²) in [4.78, 5) is 0. The second kappa shape index (κ2) is 3.94. The number of aromatic nitrogens is 1. The first-order valence-corrected chi connectivity index (χ1v) is 2.69. The molecule has 0 aliphatic rings. The zero-order valence-electron chi connectivity index (χ0n) is 5.66. The smallest absolute Gasteiger partial charge is 0.431 e. The molecule has 0 saturated carbocycles. The molecule has 2 rings (SSSR count). The van der Waals surface area contributed by atoms with Crippen LogP contribution in [0.1, 0.15) is 0 Å². The molecule has 1 aromatic heterocycles. The second-order valence-electron chi connectivity index (χ2n) is 1.79. The van der Waals surface area contributed by atoms with Crippen molar-refractivity contribution in [2.24, 2.45) is 0 Å². The summed E-state index contributed by atoms with van der Waals surface area (Å²) in [5.41, 5.74) is 0.789. The Morgan fingerprint density at radius 3 is 2.90 bits per heavy atom. The van der Waals surface area contributed by atoms with Crippen molar-refractivity contribution in [3.8, 4) is 0 Å². The summed E-state index contributed by atoms with van der Waals surface area (Å²) >= 11 is 0. The fraction of sp³-hybridized carbons (Fsp3) is 0. The summed E-state index contributed by atoms with van der Waals surface area (Å²) in [5, 5.41) is 4.43. The minimum Gasteiger partial charge on any atom is -0.431 e. The summed E-state index contributed by atoms with van der Waals surface area (Å²) in [6, 6.07) is 7.60. The molecule has 0 fully saturated rings. The van der Waals surface area contributed by atoms with Crippen molar-refractivity contribution in [3.63, 3.8) is 0 Å². The Bertz CT molecular complexity index is 288. The van der Waals surface area contributed by atoms with Gasteiger partial charge in [-0.05, 0) is 6.20 Å². The van der Waals surface area contributed by atoms with Crippen LogP contribution < -0.4 is 68.9 Å². The van der Waals surface area contributed by atoms with Gasteiger partial charge in [-0.1, -0.05) is 12.1 Å². The predicted octanol–water partition coefficient (Wildman–Crippen LogP) is -1.37. The van der Waals surface area contributed by atoms with Gasteiger partial charge in [0.1, 0.15) is 0 Å². The maximum atomic E-state index is 4.81. The minimum absolute atomic E-state index is 0. The number of hydrogen-bond donors (Lipinski definition) is 0. The predicted molar refractivity (Wildman–Crippen MR) is 32.8 cm³/mol. The van der Waals surface area contributed by atoms with Gasteiger partial charge in [-0.3, -0.25) is 0 Å². The summed E-state index contributed by atoms with van der Waals surface area (Å²) in [5.74, 6) is 0. The van der Waals surface area contributed by atoms with Crippen LogP contribution in [0.15, 0.2) is 28.8 Å². The molecule has 0 aliphatic carbocycles. The Kier molecular flexibility index (Phi) is 3.48. The molecule has 0 spiro atoms. The first kappa shape index (κ1) is 8.84. The molecule has 0 unspecified atom stereocenters. The Labute approximate surface area is 117 Å². The Hall–Kier alpha value is 0.742. The van der Waals surface area contributed by atoms with Crippen LogP contribution in [0.4, 0.5) is 0 Å². The van der Waals surface area contributed by atoms with E-state index in [0.717, 1.165) is 11.0 Å². The fourth-order valence-corrected chi connectivity index (χ4v) is 0.760. The molecule has 1 heterocycles. The molecule has 0 atom stereocenters. The molecule has 0 saturated heterocycles. The van der Waals surface area contributed by atoms with Gasteiger partial charge in [0.15, 0.2) is 0 Å². The van der Waals surface area contributed by atoms with Gasteiger partial charge in [-0.25, -0.2) is 0 Å². The topological polar surface area (TPSA) is 26.0 Å². The number of fused-ring (bicyclic) bond motifs is 1. The third kappa shape index (κ3) is 1.66. The van der Waals surface area contributed by atoms with Crippen LogP contribution in [-0.2, 0) is 0 Å². The van der Waals surface area contributed by atoms with Crippen LogP contribution in [0.25, 0.3) is 11.0 Å². The van der Waals surface area contributed by atoms with Gasteiger partial charge in [-0.15, -0.1) is 11.5 Å². The van der Waals surface area contributed by atoms with Crippen LogP contribution in [-0.4, -0.2) is 5.16 Å². The van der Waals surface area contributed by atoms with E-state index >= 15 is 0 Å². The molecule has 0 N–H and O–H groups in total. The van der Waals surface area contributed by atoms with Crippen LogP contribution in [0.5, 0.6) is 0 Å². The minimum atomic E-state index is 0. The molecule has 0 bridgehead atoms. The molecule has 0 amide bonds. The van der Waals surface area contributed by atoms with Crippen LogP contribution >= 0.6 is 0 Å². The van der Waals surface area contributed by atoms with E-state index in [2.05, 4.69) is 11.4 Å². The Morgan fingerprint density at radius 2 is 2.10 bits per heavy atom. The monoisotopic (exact) mass is 251 g/mol. The molecule has 0 aliphatic heterocycles. The second-order valence-corrected chi connectivity index (χ2v) is 1.79. The average Bonchev–Trinajstić information content (AvgIpc) is 2.33. The average molecular weight is 251 g/mol. The Balaban J connectivity index is 0.000000500. The quantitative estimate of drug-likeness (QED) is 0.540. The third-order valence-electron chi connectivity index (χ3n) is 1.20. The molecule has 2 aromatic rings. The maximum Gasteiger partial charge on any atom is 1.00 e. The van der Waals surface area contributed by atoms with E-state index < -0.39 is 0 Å². The maximum absolute atomic E-state index is 4.81. The number of rotatable bonds is 0. The normalized spacial score (nSPS) is 9.20. The molecule has 1 aromatic carbocycles. The van der Waals surface area contributed by atoms with E-state index in [1.54, 1.807) is 0 Å². The van der Waals surface area contributed by atoms with Gasteiger partial charge in [-0.2, -0.15) is 11.2 Å². The number of hydrogen-bond acceptors (Lipinski definition) is 2. The van der Waals surface area contributed by atoms with Gasteiger partial charge in [0.25, 0.3) is 0 Å². The first-order valence-electron chi connectivity index (χ1n) is 2.69. The molecule has 44 valence electrons. The largest absolute Gasteiger partial charge is 1.00 e. The van der Waals surface area contributed by atoms with Crippen LogP contribution in [0.3, 0.4) is 0 Å². The Morgan fingerprint density at radius 1 is 1.30 bits per heavy atom. The third-order valence-corrected chi connectivity index (χ3v) is 1.20. The van der Waals surface area contributed by atoms with E-state index in [4.69, 9.17) is 4.52 Å². The molecule has 0 radical (unpaired) electrons. The molecule has 2 nitrogen and oxygen atoms in total. The van der Waals surface area contributed by atoms with Crippen LogP contribution in [0.2, 0.25) is 0 Å². The zero-order chi connectivity index (χ0) is 6.10. The van der Waals surface area contributed by atoms with Crippen molar-refractivity contribution in [1.82, 2.24) is 5.16 Å². The van der Waals surface area contributed by atoms with Gasteiger partial charge >= 0.3 is 68.9 Å². The molecule has 3 heteroatoms. The van der Waals surface area contributed by atoms with Crippen molar-refractivity contribution < 1.29 is 73.4 Å². The van der Waals surface area contributed by atoms with E-state index in [-0.39, 0.29) is 68.9 Å². The standard InChI is InChI=1S/C7H4NO.Cs/c1-2-4-7-6(3-1)5-8-9-7;/h1-4H;/q-1;+1. The summed E-state index contributed by atoms with van der Waals surface area (Å²) in [6.07, 6.45) is 2.70. The summed E-state index contributed by atoms with van der Waals surface area (Å²) < 4.78 is 4.81. The van der Waals surface area contributed by atoms with Crippen molar-refractivity contribution >= 4 is 11.0 Å². The molecular formula is C7H4CsNO. The van der Waals surface area contributed by atoms with E-state index in [9.17, 15) is 0 Å². The van der Waals surface area contributed by atoms with E-state index in [0.29, 0.717) is 0 Å². The van der Waals surface area contributed by atoms with Gasteiger partial charge < -0.3 is 4.52 Å². The summed E-state index contributed by atoms with van der Waals surface area (Å²) in [7, 11) is 0. The molecular weight excluding hydrogens is 247 g/mol. The van der Waals surface area contributed by atoms with Crippen molar-refractivity contribution in [2.45, 2.75) is 0 Å².